The molecule has 0 aliphatic rings. The first-order valence-electron chi connectivity index (χ1n) is 5.37. The number of aromatic nitrogens is 1. The first-order valence-corrected chi connectivity index (χ1v) is 5.37. The summed E-state index contributed by atoms with van der Waals surface area (Å²) in [6.45, 7) is 2.73. The topological polar surface area (TPSA) is 55.0 Å². The SMILES string of the molecule is CCOCn1c(C=O)c(C#N)c2ccccc21. The Labute approximate surface area is 99.0 Å². The second kappa shape index (κ2) is 4.81. The van der Waals surface area contributed by atoms with Gasteiger partial charge in [-0.2, -0.15) is 5.26 Å². The molecule has 1 heterocycles. The molecular formula is C13H12N2O2. The van der Waals surface area contributed by atoms with E-state index in [1.807, 2.05) is 31.2 Å². The van der Waals surface area contributed by atoms with Gasteiger partial charge >= 0.3 is 0 Å². The number of fused-ring (bicyclic) bond motifs is 1. The predicted molar refractivity (Wildman–Crippen MR) is 63.7 cm³/mol. The van der Waals surface area contributed by atoms with Crippen LogP contribution in [0.1, 0.15) is 23.0 Å². The monoisotopic (exact) mass is 228 g/mol. The summed E-state index contributed by atoms with van der Waals surface area (Å²) < 4.78 is 7.05. The highest BCUT2D eigenvalue weighted by Gasteiger charge is 2.15. The molecule has 86 valence electrons. The van der Waals surface area contributed by atoms with Crippen molar-refractivity contribution >= 4 is 17.2 Å². The van der Waals surface area contributed by atoms with Crippen LogP contribution in [0.25, 0.3) is 10.9 Å². The lowest BCUT2D eigenvalue weighted by molar-refractivity contribution is 0.0868. The summed E-state index contributed by atoms with van der Waals surface area (Å²) in [5.74, 6) is 0. The van der Waals surface area contributed by atoms with Crippen LogP contribution >= 0.6 is 0 Å². The van der Waals surface area contributed by atoms with Crippen LogP contribution in [0.5, 0.6) is 0 Å². The number of hydrogen-bond donors (Lipinski definition) is 0. The molecule has 0 N–H and O–H groups in total. The Morgan fingerprint density at radius 3 is 2.88 bits per heavy atom. The predicted octanol–water partition coefficient (Wildman–Crippen LogP) is 2.32. The number of hydrogen-bond acceptors (Lipinski definition) is 3. The molecule has 17 heavy (non-hydrogen) atoms. The Balaban J connectivity index is 2.71. The highest BCUT2D eigenvalue weighted by molar-refractivity contribution is 5.95. The normalized spacial score (nSPS) is 10.4. The number of ether oxygens (including phenoxy) is 1. The summed E-state index contributed by atoms with van der Waals surface area (Å²) in [4.78, 5) is 11.1. The maximum Gasteiger partial charge on any atom is 0.167 e. The molecule has 1 aromatic carbocycles. The highest BCUT2D eigenvalue weighted by Crippen LogP contribution is 2.24. The average Bonchev–Trinajstić information content (AvgIpc) is 2.69. The Hall–Kier alpha value is -2.12. The van der Waals surface area contributed by atoms with Gasteiger partial charge in [-0.3, -0.25) is 4.79 Å². The molecule has 0 saturated heterocycles. The van der Waals surface area contributed by atoms with E-state index in [-0.39, 0.29) is 6.73 Å². The summed E-state index contributed by atoms with van der Waals surface area (Å²) in [6.07, 6.45) is 0.706. The molecule has 0 amide bonds. The van der Waals surface area contributed by atoms with Gasteiger partial charge in [0.2, 0.25) is 0 Å². The van der Waals surface area contributed by atoms with Gasteiger partial charge in [0.1, 0.15) is 18.5 Å². The first kappa shape index (κ1) is 11.4. The van der Waals surface area contributed by atoms with Crippen molar-refractivity contribution < 1.29 is 9.53 Å². The van der Waals surface area contributed by atoms with Gasteiger partial charge in [-0.1, -0.05) is 18.2 Å². The van der Waals surface area contributed by atoms with Gasteiger partial charge < -0.3 is 9.30 Å². The van der Waals surface area contributed by atoms with Crippen LogP contribution in [0.2, 0.25) is 0 Å². The third-order valence-electron chi connectivity index (χ3n) is 2.66. The molecule has 0 aliphatic heterocycles. The number of carbonyl (C=O) groups is 1. The summed E-state index contributed by atoms with van der Waals surface area (Å²) in [5, 5.41) is 9.91. The minimum atomic E-state index is 0.284. The number of benzene rings is 1. The Morgan fingerprint density at radius 2 is 2.24 bits per heavy atom. The lowest BCUT2D eigenvalue weighted by Crippen LogP contribution is -2.06. The van der Waals surface area contributed by atoms with Crippen molar-refractivity contribution in [2.24, 2.45) is 0 Å². The van der Waals surface area contributed by atoms with E-state index in [0.717, 1.165) is 10.9 Å². The fraction of sp³-hybridized carbons (Fsp3) is 0.231. The van der Waals surface area contributed by atoms with E-state index in [0.29, 0.717) is 24.2 Å². The van der Waals surface area contributed by atoms with Crippen molar-refractivity contribution in [1.82, 2.24) is 4.57 Å². The molecule has 1 aromatic heterocycles. The number of nitriles is 1. The summed E-state index contributed by atoms with van der Waals surface area (Å²) in [6, 6.07) is 9.52. The number of aldehydes is 1. The maximum atomic E-state index is 11.1. The molecule has 0 bridgehead atoms. The zero-order valence-electron chi connectivity index (χ0n) is 9.51. The van der Waals surface area contributed by atoms with Gasteiger partial charge in [-0.15, -0.1) is 0 Å². The van der Waals surface area contributed by atoms with Crippen LogP contribution in [0.15, 0.2) is 24.3 Å². The Bertz CT molecular complexity index is 593. The minimum absolute atomic E-state index is 0.284. The van der Waals surface area contributed by atoms with Gasteiger partial charge in [-0.05, 0) is 13.0 Å². The molecule has 0 fully saturated rings. The molecule has 0 aliphatic carbocycles. The van der Waals surface area contributed by atoms with Crippen LogP contribution in [0.4, 0.5) is 0 Å². The molecule has 4 heteroatoms. The van der Waals surface area contributed by atoms with Gasteiger partial charge in [0.25, 0.3) is 0 Å². The molecule has 0 atom stereocenters. The maximum absolute atomic E-state index is 11.1. The number of nitrogens with zero attached hydrogens (tertiary/aromatic N) is 2. The van der Waals surface area contributed by atoms with Crippen LogP contribution in [-0.4, -0.2) is 17.5 Å². The third kappa shape index (κ3) is 1.81. The van der Waals surface area contributed by atoms with E-state index in [4.69, 9.17) is 10.00 Å². The second-order valence-corrected chi connectivity index (χ2v) is 3.56. The van der Waals surface area contributed by atoms with E-state index >= 15 is 0 Å². The van der Waals surface area contributed by atoms with Gasteiger partial charge in [0.05, 0.1) is 11.1 Å². The van der Waals surface area contributed by atoms with Gasteiger partial charge in [0.15, 0.2) is 6.29 Å². The first-order chi connectivity index (χ1) is 8.33. The van der Waals surface area contributed by atoms with E-state index in [1.165, 1.54) is 0 Å². The quantitative estimate of drug-likeness (QED) is 0.754. The summed E-state index contributed by atoms with van der Waals surface area (Å²) in [7, 11) is 0. The zero-order valence-corrected chi connectivity index (χ0v) is 9.51. The summed E-state index contributed by atoms with van der Waals surface area (Å²) in [5.41, 5.74) is 1.64. The van der Waals surface area contributed by atoms with Crippen LogP contribution in [0, 0.1) is 11.3 Å². The molecule has 4 nitrogen and oxygen atoms in total. The lowest BCUT2D eigenvalue weighted by Gasteiger charge is -2.06. The average molecular weight is 228 g/mol. The Kier molecular flexibility index (Phi) is 3.22. The van der Waals surface area contributed by atoms with E-state index in [1.54, 1.807) is 4.57 Å². The molecule has 2 rings (SSSR count). The molecule has 0 saturated carbocycles. The number of carbonyl (C=O) groups excluding carboxylic acids is 1. The van der Waals surface area contributed by atoms with E-state index < -0.39 is 0 Å². The van der Waals surface area contributed by atoms with Crippen molar-refractivity contribution in [2.75, 3.05) is 6.61 Å². The number of rotatable bonds is 4. The fourth-order valence-corrected chi connectivity index (χ4v) is 1.88. The van der Waals surface area contributed by atoms with Gasteiger partial charge in [-0.25, -0.2) is 0 Å². The van der Waals surface area contributed by atoms with Crippen molar-refractivity contribution in [3.63, 3.8) is 0 Å². The van der Waals surface area contributed by atoms with Gasteiger partial charge in [0, 0.05) is 12.0 Å². The fourth-order valence-electron chi connectivity index (χ4n) is 1.88. The third-order valence-corrected chi connectivity index (χ3v) is 2.66. The Morgan fingerprint density at radius 1 is 1.47 bits per heavy atom. The smallest absolute Gasteiger partial charge is 0.167 e. The van der Waals surface area contributed by atoms with Crippen LogP contribution < -0.4 is 0 Å². The molecule has 0 unspecified atom stereocenters. The van der Waals surface area contributed by atoms with Crippen molar-refractivity contribution in [3.8, 4) is 6.07 Å². The lowest BCUT2D eigenvalue weighted by atomic mass is 10.1. The standard InChI is InChI=1S/C13H12N2O2/c1-2-17-9-15-12-6-4-3-5-10(12)11(7-14)13(15)8-16/h3-6,8H,2,9H2,1H3. The number of para-hydroxylation sites is 1. The van der Waals surface area contributed by atoms with E-state index in [9.17, 15) is 4.79 Å². The van der Waals surface area contributed by atoms with Crippen molar-refractivity contribution in [3.05, 3.63) is 35.5 Å². The van der Waals surface area contributed by atoms with Crippen LogP contribution in [0.3, 0.4) is 0 Å². The second-order valence-electron chi connectivity index (χ2n) is 3.56. The van der Waals surface area contributed by atoms with Crippen molar-refractivity contribution in [2.45, 2.75) is 13.7 Å². The van der Waals surface area contributed by atoms with Crippen LogP contribution in [-0.2, 0) is 11.5 Å². The van der Waals surface area contributed by atoms with E-state index in [2.05, 4.69) is 6.07 Å². The molecule has 0 spiro atoms. The molecular weight excluding hydrogens is 216 g/mol. The molecule has 2 aromatic rings. The largest absolute Gasteiger partial charge is 0.361 e. The van der Waals surface area contributed by atoms with Crippen molar-refractivity contribution in [1.29, 1.82) is 5.26 Å². The zero-order chi connectivity index (χ0) is 12.3. The highest BCUT2D eigenvalue weighted by atomic mass is 16.5. The summed E-state index contributed by atoms with van der Waals surface area (Å²) >= 11 is 0. The molecule has 0 radical (unpaired) electrons. The minimum Gasteiger partial charge on any atom is -0.361 e.